The van der Waals surface area contributed by atoms with Gasteiger partial charge in [-0.05, 0) is 26.8 Å². The van der Waals surface area contributed by atoms with Crippen LogP contribution in [0.2, 0.25) is 0 Å². The molecule has 1 atom stereocenters. The normalized spacial score (nSPS) is 14.2. The third-order valence-electron chi connectivity index (χ3n) is 0.997. The Hall–Kier alpha value is -0.830. The van der Waals surface area contributed by atoms with Gasteiger partial charge in [-0.3, -0.25) is 0 Å². The van der Waals surface area contributed by atoms with Gasteiger partial charge in [-0.25, -0.2) is 4.79 Å². The molecule has 0 spiro atoms. The van der Waals surface area contributed by atoms with Gasteiger partial charge in [0.05, 0.1) is 12.2 Å². The Morgan fingerprint density at radius 2 is 2.00 bits per heavy atom. The highest BCUT2D eigenvalue weighted by atomic mass is 16.5. The summed E-state index contributed by atoms with van der Waals surface area (Å²) in [6, 6.07) is 0. The minimum atomic E-state index is -0.941. The highest BCUT2D eigenvalue weighted by molar-refractivity contribution is 5.79. The SMILES string of the molecule is CC(C)OC(C)C=CC(=O)O. The molecule has 0 amide bonds. The molecule has 0 heterocycles. The van der Waals surface area contributed by atoms with Crippen LogP contribution in [-0.2, 0) is 9.53 Å². The molecular formula is C8H14O3. The Balaban J connectivity index is 3.68. The zero-order valence-electron chi connectivity index (χ0n) is 7.07. The smallest absolute Gasteiger partial charge is 0.328 e. The van der Waals surface area contributed by atoms with Crippen LogP contribution in [0.5, 0.6) is 0 Å². The van der Waals surface area contributed by atoms with E-state index in [1.54, 1.807) is 6.92 Å². The van der Waals surface area contributed by atoms with E-state index in [1.807, 2.05) is 13.8 Å². The number of hydrogen-bond acceptors (Lipinski definition) is 2. The lowest BCUT2D eigenvalue weighted by Gasteiger charge is -2.11. The van der Waals surface area contributed by atoms with E-state index in [4.69, 9.17) is 9.84 Å². The average Bonchev–Trinajstić information content (AvgIpc) is 1.82. The molecule has 0 aromatic heterocycles. The Labute approximate surface area is 66.7 Å². The summed E-state index contributed by atoms with van der Waals surface area (Å²) in [6.07, 6.45) is 2.60. The fourth-order valence-electron chi connectivity index (χ4n) is 0.692. The quantitative estimate of drug-likeness (QED) is 0.630. The first-order valence-corrected chi connectivity index (χ1v) is 3.59. The summed E-state index contributed by atoms with van der Waals surface area (Å²) in [5.41, 5.74) is 0. The van der Waals surface area contributed by atoms with Crippen LogP contribution in [0, 0.1) is 0 Å². The predicted molar refractivity (Wildman–Crippen MR) is 42.5 cm³/mol. The molecule has 0 saturated carbocycles. The molecule has 0 aliphatic rings. The van der Waals surface area contributed by atoms with Gasteiger partial charge in [-0.2, -0.15) is 0 Å². The second kappa shape index (κ2) is 4.91. The summed E-state index contributed by atoms with van der Waals surface area (Å²) in [6.45, 7) is 5.62. The van der Waals surface area contributed by atoms with Crippen LogP contribution < -0.4 is 0 Å². The van der Waals surface area contributed by atoms with E-state index in [2.05, 4.69) is 0 Å². The number of carbonyl (C=O) groups is 1. The second-order valence-electron chi connectivity index (χ2n) is 2.59. The number of hydrogen-bond donors (Lipinski definition) is 1. The molecule has 0 rings (SSSR count). The number of ether oxygens (including phenoxy) is 1. The van der Waals surface area contributed by atoms with Crippen molar-refractivity contribution in [3.63, 3.8) is 0 Å². The van der Waals surface area contributed by atoms with Gasteiger partial charge in [-0.15, -0.1) is 0 Å². The van der Waals surface area contributed by atoms with E-state index in [9.17, 15) is 4.79 Å². The molecule has 0 saturated heterocycles. The molecule has 3 heteroatoms. The van der Waals surface area contributed by atoms with Crippen molar-refractivity contribution in [1.29, 1.82) is 0 Å². The van der Waals surface area contributed by atoms with E-state index in [1.165, 1.54) is 6.08 Å². The van der Waals surface area contributed by atoms with Crippen molar-refractivity contribution in [2.24, 2.45) is 0 Å². The van der Waals surface area contributed by atoms with Crippen LogP contribution in [0.3, 0.4) is 0 Å². The maximum Gasteiger partial charge on any atom is 0.328 e. The van der Waals surface area contributed by atoms with Gasteiger partial charge in [0.1, 0.15) is 0 Å². The van der Waals surface area contributed by atoms with E-state index < -0.39 is 5.97 Å². The number of carboxylic acids is 1. The summed E-state index contributed by atoms with van der Waals surface area (Å²) in [5.74, 6) is -0.941. The largest absolute Gasteiger partial charge is 0.478 e. The molecule has 0 radical (unpaired) electrons. The molecule has 0 bridgehead atoms. The van der Waals surface area contributed by atoms with Gasteiger partial charge >= 0.3 is 5.97 Å². The van der Waals surface area contributed by atoms with Crippen LogP contribution in [0.4, 0.5) is 0 Å². The Kier molecular flexibility index (Phi) is 4.54. The van der Waals surface area contributed by atoms with Gasteiger partial charge in [0.15, 0.2) is 0 Å². The lowest BCUT2D eigenvalue weighted by atomic mass is 10.3. The molecule has 1 N–H and O–H groups in total. The third kappa shape index (κ3) is 7.06. The van der Waals surface area contributed by atoms with E-state index in [0.717, 1.165) is 6.08 Å². The molecule has 0 fully saturated rings. The van der Waals surface area contributed by atoms with Crippen LogP contribution in [0.25, 0.3) is 0 Å². The Morgan fingerprint density at radius 1 is 1.45 bits per heavy atom. The monoisotopic (exact) mass is 158 g/mol. The topological polar surface area (TPSA) is 46.5 Å². The van der Waals surface area contributed by atoms with E-state index in [-0.39, 0.29) is 12.2 Å². The van der Waals surface area contributed by atoms with E-state index in [0.29, 0.717) is 0 Å². The second-order valence-corrected chi connectivity index (χ2v) is 2.59. The van der Waals surface area contributed by atoms with Crippen molar-refractivity contribution >= 4 is 5.97 Å². The molecule has 0 aromatic rings. The highest BCUT2D eigenvalue weighted by Crippen LogP contribution is 1.97. The van der Waals surface area contributed by atoms with Gasteiger partial charge in [0.2, 0.25) is 0 Å². The average molecular weight is 158 g/mol. The van der Waals surface area contributed by atoms with Crippen LogP contribution in [0.15, 0.2) is 12.2 Å². The van der Waals surface area contributed by atoms with Gasteiger partial charge in [0, 0.05) is 6.08 Å². The standard InChI is InChI=1S/C8H14O3/c1-6(2)11-7(3)4-5-8(9)10/h4-7H,1-3H3,(H,9,10). The maximum atomic E-state index is 10.0. The van der Waals surface area contributed by atoms with Crippen molar-refractivity contribution in [3.05, 3.63) is 12.2 Å². The van der Waals surface area contributed by atoms with Crippen molar-refractivity contribution in [2.45, 2.75) is 33.0 Å². The summed E-state index contributed by atoms with van der Waals surface area (Å²) in [7, 11) is 0. The highest BCUT2D eigenvalue weighted by Gasteiger charge is 1.99. The first-order valence-electron chi connectivity index (χ1n) is 3.59. The fraction of sp³-hybridized carbons (Fsp3) is 0.625. The molecule has 0 aliphatic carbocycles. The molecule has 0 aromatic carbocycles. The zero-order valence-corrected chi connectivity index (χ0v) is 7.07. The summed E-state index contributed by atoms with van der Waals surface area (Å²) >= 11 is 0. The van der Waals surface area contributed by atoms with Gasteiger partial charge in [-0.1, -0.05) is 0 Å². The Morgan fingerprint density at radius 3 is 2.36 bits per heavy atom. The summed E-state index contributed by atoms with van der Waals surface area (Å²) in [5, 5.41) is 8.25. The number of aliphatic carboxylic acids is 1. The lowest BCUT2D eigenvalue weighted by molar-refractivity contribution is -0.131. The molecule has 3 nitrogen and oxygen atoms in total. The lowest BCUT2D eigenvalue weighted by Crippen LogP contribution is -2.11. The van der Waals surface area contributed by atoms with E-state index >= 15 is 0 Å². The first-order chi connectivity index (χ1) is 5.02. The number of rotatable bonds is 4. The zero-order chi connectivity index (χ0) is 8.85. The fourth-order valence-corrected chi connectivity index (χ4v) is 0.692. The molecule has 64 valence electrons. The minimum absolute atomic E-state index is 0.128. The van der Waals surface area contributed by atoms with Crippen LogP contribution in [-0.4, -0.2) is 23.3 Å². The van der Waals surface area contributed by atoms with Crippen molar-refractivity contribution < 1.29 is 14.6 Å². The molecule has 1 unspecified atom stereocenters. The summed E-state index contributed by atoms with van der Waals surface area (Å²) < 4.78 is 5.25. The van der Waals surface area contributed by atoms with Crippen LogP contribution >= 0.6 is 0 Å². The number of carboxylic acid groups (broad SMARTS) is 1. The maximum absolute atomic E-state index is 10.0. The minimum Gasteiger partial charge on any atom is -0.478 e. The van der Waals surface area contributed by atoms with Crippen molar-refractivity contribution in [2.75, 3.05) is 0 Å². The molecular weight excluding hydrogens is 144 g/mol. The third-order valence-corrected chi connectivity index (χ3v) is 0.997. The van der Waals surface area contributed by atoms with Gasteiger partial charge in [0.25, 0.3) is 0 Å². The van der Waals surface area contributed by atoms with Gasteiger partial charge < -0.3 is 9.84 Å². The summed E-state index contributed by atoms with van der Waals surface area (Å²) in [4.78, 5) is 10.0. The first kappa shape index (κ1) is 10.2. The van der Waals surface area contributed by atoms with Crippen molar-refractivity contribution in [3.8, 4) is 0 Å². The molecule has 0 aliphatic heterocycles. The van der Waals surface area contributed by atoms with Crippen LogP contribution in [0.1, 0.15) is 20.8 Å². The Bertz CT molecular complexity index is 149. The predicted octanol–water partition coefficient (Wildman–Crippen LogP) is 1.44. The molecule has 11 heavy (non-hydrogen) atoms. The van der Waals surface area contributed by atoms with Crippen molar-refractivity contribution in [1.82, 2.24) is 0 Å².